The summed E-state index contributed by atoms with van der Waals surface area (Å²) < 4.78 is 0. The number of hydrogen-bond acceptors (Lipinski definition) is 2. The number of fused-ring (bicyclic) bond motifs is 3. The third-order valence-electron chi connectivity index (χ3n) is 8.21. The average Bonchev–Trinajstić information content (AvgIpc) is 2.87. The van der Waals surface area contributed by atoms with Crippen LogP contribution in [-0.2, 0) is 18.3 Å². The van der Waals surface area contributed by atoms with Gasteiger partial charge in [-0.25, -0.2) is 4.98 Å². The second-order valence-electron chi connectivity index (χ2n) is 10.5. The fourth-order valence-electron chi connectivity index (χ4n) is 6.23. The molecule has 0 amide bonds. The number of allylic oxidation sites excluding steroid dienone is 2. The SMILES string of the molecule is C[C@H](C/C=C\Cc1nc2c(c(=O)[nH]1)[C@@](C)(C1CCCCC1)Cc1ccccc1-2)c1ccccc1. The van der Waals surface area contributed by atoms with Crippen molar-refractivity contribution in [3.05, 3.63) is 99.6 Å². The van der Waals surface area contributed by atoms with E-state index in [4.69, 9.17) is 4.98 Å². The highest BCUT2D eigenvalue weighted by molar-refractivity contribution is 5.71. The Bertz CT molecular complexity index is 1220. The molecule has 0 radical (unpaired) electrons. The molecule has 2 atom stereocenters. The molecule has 0 unspecified atom stereocenters. The van der Waals surface area contributed by atoms with Crippen LogP contribution in [-0.4, -0.2) is 9.97 Å². The van der Waals surface area contributed by atoms with Crippen molar-refractivity contribution in [1.82, 2.24) is 9.97 Å². The zero-order valence-corrected chi connectivity index (χ0v) is 20.5. The maximum atomic E-state index is 13.6. The van der Waals surface area contributed by atoms with E-state index in [1.54, 1.807) is 0 Å². The predicted octanol–water partition coefficient (Wildman–Crippen LogP) is 7.12. The van der Waals surface area contributed by atoms with E-state index in [1.165, 1.54) is 43.2 Å². The Kier molecular flexibility index (Phi) is 6.54. The number of aromatic nitrogens is 2. The quantitative estimate of drug-likeness (QED) is 0.405. The molecule has 3 heteroatoms. The van der Waals surface area contributed by atoms with Crippen molar-refractivity contribution in [1.29, 1.82) is 0 Å². The van der Waals surface area contributed by atoms with Gasteiger partial charge in [0.2, 0.25) is 0 Å². The second-order valence-corrected chi connectivity index (χ2v) is 10.5. The van der Waals surface area contributed by atoms with Crippen molar-refractivity contribution >= 4 is 0 Å². The van der Waals surface area contributed by atoms with E-state index in [1.807, 2.05) is 0 Å². The highest BCUT2D eigenvalue weighted by atomic mass is 16.1. The molecule has 3 nitrogen and oxygen atoms in total. The van der Waals surface area contributed by atoms with Gasteiger partial charge < -0.3 is 4.98 Å². The molecule has 1 heterocycles. The lowest BCUT2D eigenvalue weighted by Crippen LogP contribution is -2.43. The Hall–Kier alpha value is -2.94. The molecule has 0 aliphatic heterocycles. The molecule has 1 N–H and O–H groups in total. The Morgan fingerprint density at radius 1 is 1.03 bits per heavy atom. The first kappa shape index (κ1) is 22.8. The molecule has 0 bridgehead atoms. The minimum absolute atomic E-state index is 0.0635. The van der Waals surface area contributed by atoms with E-state index < -0.39 is 0 Å². The fraction of sp³-hybridized carbons (Fsp3) is 0.419. The van der Waals surface area contributed by atoms with Crippen LogP contribution in [0.2, 0.25) is 0 Å². The van der Waals surface area contributed by atoms with Gasteiger partial charge in [-0.2, -0.15) is 0 Å². The number of benzene rings is 2. The lowest BCUT2D eigenvalue weighted by Gasteiger charge is -2.43. The van der Waals surface area contributed by atoms with Gasteiger partial charge in [0.15, 0.2) is 0 Å². The van der Waals surface area contributed by atoms with Gasteiger partial charge in [-0.15, -0.1) is 0 Å². The van der Waals surface area contributed by atoms with Crippen LogP contribution in [0.3, 0.4) is 0 Å². The zero-order chi connectivity index (χ0) is 23.5. The van der Waals surface area contributed by atoms with Crippen LogP contribution >= 0.6 is 0 Å². The number of nitrogens with zero attached hydrogens (tertiary/aromatic N) is 1. The number of nitrogens with one attached hydrogen (secondary N) is 1. The van der Waals surface area contributed by atoms with Crippen LogP contribution in [0.25, 0.3) is 11.3 Å². The molecule has 2 aliphatic carbocycles. The Morgan fingerprint density at radius 2 is 1.76 bits per heavy atom. The largest absolute Gasteiger partial charge is 0.310 e. The minimum atomic E-state index is -0.149. The summed E-state index contributed by atoms with van der Waals surface area (Å²) in [4.78, 5) is 21.8. The second kappa shape index (κ2) is 9.74. The number of rotatable bonds is 6. The summed E-state index contributed by atoms with van der Waals surface area (Å²) in [5.74, 6) is 1.77. The molecular weight excluding hydrogens is 416 g/mol. The summed E-state index contributed by atoms with van der Waals surface area (Å²) in [5, 5.41) is 0. The van der Waals surface area contributed by atoms with Gasteiger partial charge in [-0.1, -0.05) is 99.9 Å². The summed E-state index contributed by atoms with van der Waals surface area (Å²) in [6.07, 6.45) is 13.2. The Balaban J connectivity index is 1.43. The molecule has 5 rings (SSSR count). The predicted molar refractivity (Wildman–Crippen MR) is 140 cm³/mol. The van der Waals surface area contributed by atoms with Gasteiger partial charge in [-0.05, 0) is 48.6 Å². The minimum Gasteiger partial charge on any atom is -0.310 e. The number of hydrogen-bond donors (Lipinski definition) is 1. The molecule has 176 valence electrons. The van der Waals surface area contributed by atoms with Gasteiger partial charge in [0.05, 0.1) is 11.3 Å². The van der Waals surface area contributed by atoms with E-state index in [9.17, 15) is 4.79 Å². The monoisotopic (exact) mass is 452 g/mol. The molecule has 0 spiro atoms. The average molecular weight is 453 g/mol. The molecule has 34 heavy (non-hydrogen) atoms. The van der Waals surface area contributed by atoms with Gasteiger partial charge in [-0.3, -0.25) is 4.79 Å². The van der Waals surface area contributed by atoms with Crippen LogP contribution in [0.15, 0.2) is 71.5 Å². The summed E-state index contributed by atoms with van der Waals surface area (Å²) >= 11 is 0. The molecule has 2 aromatic carbocycles. The number of H-pyrrole nitrogens is 1. The van der Waals surface area contributed by atoms with E-state index >= 15 is 0 Å². The van der Waals surface area contributed by atoms with Crippen molar-refractivity contribution < 1.29 is 0 Å². The van der Waals surface area contributed by atoms with E-state index in [2.05, 4.69) is 85.6 Å². The highest BCUT2D eigenvalue weighted by Gasteiger charge is 2.44. The summed E-state index contributed by atoms with van der Waals surface area (Å²) in [6.45, 7) is 4.57. The van der Waals surface area contributed by atoms with Gasteiger partial charge in [0, 0.05) is 17.4 Å². The first-order valence-corrected chi connectivity index (χ1v) is 13.0. The third-order valence-corrected chi connectivity index (χ3v) is 8.21. The van der Waals surface area contributed by atoms with E-state index in [-0.39, 0.29) is 11.0 Å². The van der Waals surface area contributed by atoms with Crippen LogP contribution in [0.1, 0.15) is 80.8 Å². The van der Waals surface area contributed by atoms with Crippen molar-refractivity contribution in [3.63, 3.8) is 0 Å². The first-order valence-electron chi connectivity index (χ1n) is 13.0. The summed E-state index contributed by atoms with van der Waals surface area (Å²) in [7, 11) is 0. The first-order chi connectivity index (χ1) is 16.6. The van der Waals surface area contributed by atoms with Crippen molar-refractivity contribution in [2.75, 3.05) is 0 Å². The lowest BCUT2D eigenvalue weighted by molar-refractivity contribution is 0.213. The van der Waals surface area contributed by atoms with Crippen LogP contribution in [0.4, 0.5) is 0 Å². The van der Waals surface area contributed by atoms with Gasteiger partial charge in [0.1, 0.15) is 5.82 Å². The number of aromatic amines is 1. The molecule has 1 fully saturated rings. The smallest absolute Gasteiger partial charge is 0.255 e. The van der Waals surface area contributed by atoms with E-state index in [0.29, 0.717) is 18.3 Å². The molecule has 2 aliphatic rings. The normalized spacial score (nSPS) is 21.2. The molecule has 3 aromatic rings. The topological polar surface area (TPSA) is 45.8 Å². The zero-order valence-electron chi connectivity index (χ0n) is 20.5. The fourth-order valence-corrected chi connectivity index (χ4v) is 6.23. The summed E-state index contributed by atoms with van der Waals surface area (Å²) in [5.41, 5.74) is 5.58. The Labute approximate surface area is 203 Å². The lowest BCUT2D eigenvalue weighted by atomic mass is 9.60. The molecular formula is C31H36N2O. The maximum absolute atomic E-state index is 13.6. The van der Waals surface area contributed by atoms with Gasteiger partial charge in [0.25, 0.3) is 5.56 Å². The standard InChI is InChI=1S/C31H36N2O/c1-22(23-14-5-3-6-15-23)13-9-12-20-27-32-29-26-19-11-10-16-24(26)21-31(2,28(29)30(34)33-27)25-17-7-4-8-18-25/h3,5-6,9-12,14-16,19,22,25H,4,7-8,13,17-18,20-21H2,1-2H3,(H,32,33,34)/b12-9-/t22-,31-/m1/s1. The van der Waals surface area contributed by atoms with Crippen LogP contribution in [0, 0.1) is 5.92 Å². The van der Waals surface area contributed by atoms with Crippen LogP contribution < -0.4 is 5.56 Å². The van der Waals surface area contributed by atoms with Gasteiger partial charge >= 0.3 is 0 Å². The molecule has 1 saturated carbocycles. The molecule has 1 aromatic heterocycles. The van der Waals surface area contributed by atoms with E-state index in [0.717, 1.165) is 35.5 Å². The summed E-state index contributed by atoms with van der Waals surface area (Å²) in [6, 6.07) is 19.2. The van der Waals surface area contributed by atoms with Crippen LogP contribution in [0.5, 0.6) is 0 Å². The van der Waals surface area contributed by atoms with Crippen molar-refractivity contribution in [2.45, 2.75) is 76.5 Å². The highest BCUT2D eigenvalue weighted by Crippen LogP contribution is 2.48. The third kappa shape index (κ3) is 4.41. The van der Waals surface area contributed by atoms with Crippen molar-refractivity contribution in [2.24, 2.45) is 5.92 Å². The van der Waals surface area contributed by atoms with Crippen molar-refractivity contribution in [3.8, 4) is 11.3 Å². The molecule has 0 saturated heterocycles. The maximum Gasteiger partial charge on any atom is 0.255 e. The Morgan fingerprint density at radius 3 is 2.56 bits per heavy atom.